The molecule has 0 saturated heterocycles. The Morgan fingerprint density at radius 3 is 2.76 bits per heavy atom. The smallest absolute Gasteiger partial charge is 0.338 e. The molecule has 1 saturated carbocycles. The summed E-state index contributed by atoms with van der Waals surface area (Å²) in [5.41, 5.74) is 1.15. The third-order valence-corrected chi connectivity index (χ3v) is 5.37. The summed E-state index contributed by atoms with van der Waals surface area (Å²) in [6.45, 7) is 2.35. The highest BCUT2D eigenvalue weighted by Gasteiger charge is 2.35. The number of hydrogen-bond donors (Lipinski definition) is 3. The standard InChI is InChI=1S/C20H26N4O5/c1-2-29-19(25)17-16(12-21-14-8-4-3-5-9-14)22-20(26)23-18(17)13-7-6-10-15(11-13)24(27)28/h6-7,10-11,14,18,21H,2-5,8-9,12H2,1H3,(H2,22,23,26)/p+1/t18-/m0/s1. The number of non-ortho nitro benzene ring substituents is 1. The average Bonchev–Trinajstić information content (AvgIpc) is 2.72. The lowest BCUT2D eigenvalue weighted by molar-refractivity contribution is -0.685. The minimum atomic E-state index is -0.808. The lowest BCUT2D eigenvalue weighted by atomic mass is 9.93. The number of nitrogens with two attached hydrogens (primary N) is 1. The molecule has 1 aliphatic carbocycles. The first-order chi connectivity index (χ1) is 14.0. The minimum absolute atomic E-state index is 0.103. The van der Waals surface area contributed by atoms with Gasteiger partial charge in [-0.1, -0.05) is 18.6 Å². The molecule has 0 aromatic heterocycles. The Labute approximate surface area is 169 Å². The van der Waals surface area contributed by atoms with Gasteiger partial charge in [0, 0.05) is 12.1 Å². The topological polar surface area (TPSA) is 127 Å². The van der Waals surface area contributed by atoms with Crippen LogP contribution in [-0.2, 0) is 9.53 Å². The molecule has 9 heteroatoms. The van der Waals surface area contributed by atoms with Crippen LogP contribution in [0.4, 0.5) is 10.5 Å². The molecular formula is C20H27N4O5+. The van der Waals surface area contributed by atoms with E-state index in [-0.39, 0.29) is 12.3 Å². The van der Waals surface area contributed by atoms with Crippen LogP contribution in [0, 0.1) is 10.1 Å². The van der Waals surface area contributed by atoms with Crippen LogP contribution < -0.4 is 16.0 Å². The maximum Gasteiger partial charge on any atom is 0.338 e. The van der Waals surface area contributed by atoms with E-state index >= 15 is 0 Å². The Balaban J connectivity index is 1.93. The number of quaternary nitrogens is 1. The third-order valence-electron chi connectivity index (χ3n) is 5.37. The Hall–Kier alpha value is -2.94. The first-order valence-electron chi connectivity index (χ1n) is 10.0. The molecule has 3 rings (SSSR count). The monoisotopic (exact) mass is 403 g/mol. The molecule has 2 aliphatic rings. The predicted octanol–water partition coefficient (Wildman–Crippen LogP) is 1.66. The van der Waals surface area contributed by atoms with Crippen molar-refractivity contribution < 1.29 is 24.6 Å². The second kappa shape index (κ2) is 9.51. The zero-order valence-electron chi connectivity index (χ0n) is 16.5. The summed E-state index contributed by atoms with van der Waals surface area (Å²) in [5.74, 6) is -0.538. The Morgan fingerprint density at radius 1 is 1.31 bits per heavy atom. The van der Waals surface area contributed by atoms with E-state index in [1.54, 1.807) is 13.0 Å². The molecule has 9 nitrogen and oxygen atoms in total. The van der Waals surface area contributed by atoms with Gasteiger partial charge >= 0.3 is 12.0 Å². The van der Waals surface area contributed by atoms with Crippen LogP contribution in [0.25, 0.3) is 0 Å². The van der Waals surface area contributed by atoms with Crippen LogP contribution in [0.5, 0.6) is 0 Å². The van der Waals surface area contributed by atoms with Gasteiger partial charge in [-0.05, 0) is 38.2 Å². The summed E-state index contributed by atoms with van der Waals surface area (Å²) in [7, 11) is 0. The van der Waals surface area contributed by atoms with Gasteiger partial charge in [0.2, 0.25) is 0 Å². The number of amides is 2. The summed E-state index contributed by atoms with van der Waals surface area (Å²) in [5, 5.41) is 18.8. The van der Waals surface area contributed by atoms with Gasteiger partial charge < -0.3 is 20.7 Å². The maximum absolute atomic E-state index is 12.7. The fraction of sp³-hybridized carbons (Fsp3) is 0.500. The van der Waals surface area contributed by atoms with Crippen molar-refractivity contribution in [3.8, 4) is 0 Å². The number of urea groups is 1. The molecule has 0 bridgehead atoms. The largest absolute Gasteiger partial charge is 0.463 e. The lowest BCUT2D eigenvalue weighted by Gasteiger charge is -2.29. The molecule has 1 aliphatic heterocycles. The molecule has 2 amide bonds. The number of benzene rings is 1. The zero-order chi connectivity index (χ0) is 20.8. The van der Waals surface area contributed by atoms with Gasteiger partial charge in [-0.25, -0.2) is 9.59 Å². The third kappa shape index (κ3) is 5.11. The summed E-state index contributed by atoms with van der Waals surface area (Å²) in [4.78, 5) is 35.7. The highest BCUT2D eigenvalue weighted by molar-refractivity contribution is 5.95. The molecule has 1 atom stereocenters. The van der Waals surface area contributed by atoms with Crippen LogP contribution in [-0.4, -0.2) is 36.1 Å². The molecule has 1 aromatic carbocycles. The van der Waals surface area contributed by atoms with Gasteiger partial charge in [0.1, 0.15) is 6.54 Å². The number of nitrogens with one attached hydrogen (secondary N) is 2. The summed E-state index contributed by atoms with van der Waals surface area (Å²) < 4.78 is 5.23. The van der Waals surface area contributed by atoms with Crippen LogP contribution in [0.3, 0.4) is 0 Å². The number of nitro groups is 1. The molecule has 1 heterocycles. The zero-order valence-corrected chi connectivity index (χ0v) is 16.5. The van der Waals surface area contributed by atoms with Gasteiger partial charge in [0.05, 0.1) is 34.9 Å². The average molecular weight is 403 g/mol. The van der Waals surface area contributed by atoms with Gasteiger partial charge in [0.25, 0.3) is 5.69 Å². The number of ether oxygens (including phenoxy) is 1. The Morgan fingerprint density at radius 2 is 2.07 bits per heavy atom. The van der Waals surface area contributed by atoms with Crippen molar-refractivity contribution in [2.75, 3.05) is 13.2 Å². The highest BCUT2D eigenvalue weighted by Crippen LogP contribution is 2.29. The molecule has 0 radical (unpaired) electrons. The first kappa shape index (κ1) is 20.8. The van der Waals surface area contributed by atoms with Gasteiger partial charge in [0.15, 0.2) is 0 Å². The Bertz CT molecular complexity index is 817. The van der Waals surface area contributed by atoms with Gasteiger partial charge in [-0.2, -0.15) is 0 Å². The van der Waals surface area contributed by atoms with E-state index in [9.17, 15) is 19.7 Å². The number of carbonyl (C=O) groups excluding carboxylic acids is 2. The molecule has 1 fully saturated rings. The van der Waals surface area contributed by atoms with Gasteiger partial charge in [-0.15, -0.1) is 0 Å². The van der Waals surface area contributed by atoms with E-state index in [0.29, 0.717) is 29.4 Å². The van der Waals surface area contributed by atoms with E-state index in [0.717, 1.165) is 12.8 Å². The second-order valence-corrected chi connectivity index (χ2v) is 7.33. The number of nitro benzene ring substituents is 1. The molecule has 4 N–H and O–H groups in total. The van der Waals surface area contributed by atoms with E-state index in [1.807, 2.05) is 0 Å². The molecule has 1 aromatic rings. The number of rotatable bonds is 7. The quantitative estimate of drug-likeness (QED) is 0.362. The van der Waals surface area contributed by atoms with Crippen LogP contribution in [0.1, 0.15) is 50.6 Å². The number of hydrogen-bond acceptors (Lipinski definition) is 5. The van der Waals surface area contributed by atoms with Crippen molar-refractivity contribution in [1.82, 2.24) is 10.6 Å². The van der Waals surface area contributed by atoms with Crippen molar-refractivity contribution in [1.29, 1.82) is 0 Å². The molecule has 29 heavy (non-hydrogen) atoms. The van der Waals surface area contributed by atoms with Crippen molar-refractivity contribution in [3.05, 3.63) is 51.2 Å². The van der Waals surface area contributed by atoms with E-state index in [1.165, 1.54) is 37.5 Å². The van der Waals surface area contributed by atoms with Crippen LogP contribution >= 0.6 is 0 Å². The number of esters is 1. The maximum atomic E-state index is 12.7. The normalized spacial score (nSPS) is 20.0. The second-order valence-electron chi connectivity index (χ2n) is 7.33. The van der Waals surface area contributed by atoms with Crippen molar-refractivity contribution in [3.63, 3.8) is 0 Å². The summed E-state index contributed by atoms with van der Waals surface area (Å²) in [6, 6.07) is 5.15. The van der Waals surface area contributed by atoms with Crippen LogP contribution in [0.15, 0.2) is 35.5 Å². The fourth-order valence-corrected chi connectivity index (χ4v) is 3.95. The predicted molar refractivity (Wildman–Crippen MR) is 105 cm³/mol. The van der Waals surface area contributed by atoms with E-state index in [2.05, 4.69) is 16.0 Å². The van der Waals surface area contributed by atoms with Crippen LogP contribution in [0.2, 0.25) is 0 Å². The lowest BCUT2D eigenvalue weighted by Crippen LogP contribution is -2.91. The van der Waals surface area contributed by atoms with Gasteiger partial charge in [-0.3, -0.25) is 10.1 Å². The molecule has 156 valence electrons. The van der Waals surface area contributed by atoms with E-state index < -0.39 is 23.0 Å². The SMILES string of the molecule is CCOC(=O)C1=C(C[NH2+]C2CCCCC2)NC(=O)N[C@H]1c1cccc([N+](=O)[O-])c1. The van der Waals surface area contributed by atoms with Crippen molar-refractivity contribution in [2.24, 2.45) is 0 Å². The minimum Gasteiger partial charge on any atom is -0.463 e. The van der Waals surface area contributed by atoms with Crippen molar-refractivity contribution >= 4 is 17.7 Å². The fourth-order valence-electron chi connectivity index (χ4n) is 3.95. The number of nitrogens with zero attached hydrogens (tertiary/aromatic N) is 1. The summed E-state index contributed by atoms with van der Waals surface area (Å²) >= 11 is 0. The summed E-state index contributed by atoms with van der Waals surface area (Å²) in [6.07, 6.45) is 5.85. The molecule has 0 unspecified atom stereocenters. The van der Waals surface area contributed by atoms with E-state index in [4.69, 9.17) is 4.74 Å². The molecule has 0 spiro atoms. The first-order valence-corrected chi connectivity index (χ1v) is 10.0. The highest BCUT2D eigenvalue weighted by atomic mass is 16.6. The number of carbonyl (C=O) groups is 2. The Kier molecular flexibility index (Phi) is 6.82. The van der Waals surface area contributed by atoms with Crippen molar-refractivity contribution in [2.45, 2.75) is 51.1 Å². The molecular weight excluding hydrogens is 376 g/mol.